The smallest absolute Gasteiger partial charge is 0.0226 e. The Hall–Kier alpha value is 0.270. The van der Waals surface area contributed by atoms with Gasteiger partial charge in [-0.25, -0.2) is 0 Å². The molecule has 1 aliphatic rings. The highest BCUT2D eigenvalue weighted by Gasteiger charge is 2.23. The summed E-state index contributed by atoms with van der Waals surface area (Å²) in [7, 11) is 0. The molecule has 3 N–H and O–H groups in total. The average molecular weight is 202 g/mol. The molecule has 2 nitrogen and oxygen atoms in total. The van der Waals surface area contributed by atoms with Crippen LogP contribution in [-0.2, 0) is 0 Å². The normalized spacial score (nSPS) is 25.4. The third kappa shape index (κ3) is 3.88. The first kappa shape index (κ1) is 11.3. The van der Waals surface area contributed by atoms with E-state index < -0.39 is 0 Å². The molecule has 1 aliphatic heterocycles. The summed E-state index contributed by atoms with van der Waals surface area (Å²) in [5.74, 6) is 4.16. The molecular weight excluding hydrogens is 180 g/mol. The van der Waals surface area contributed by atoms with Gasteiger partial charge in [-0.1, -0.05) is 13.8 Å². The van der Waals surface area contributed by atoms with Gasteiger partial charge in [0.1, 0.15) is 0 Å². The minimum absolute atomic E-state index is 0.553. The fourth-order valence-corrected chi connectivity index (χ4v) is 3.04. The summed E-state index contributed by atoms with van der Waals surface area (Å²) in [6.07, 6.45) is 1.34. The van der Waals surface area contributed by atoms with Gasteiger partial charge in [-0.2, -0.15) is 11.8 Å². The van der Waals surface area contributed by atoms with Gasteiger partial charge in [0, 0.05) is 12.6 Å². The van der Waals surface area contributed by atoms with E-state index in [-0.39, 0.29) is 0 Å². The van der Waals surface area contributed by atoms with Crippen LogP contribution in [-0.4, -0.2) is 30.6 Å². The molecule has 0 amide bonds. The highest BCUT2D eigenvalue weighted by Crippen LogP contribution is 2.25. The number of hydrogen-bond donors (Lipinski definition) is 2. The standard InChI is InChI=1S/C10H22N2S/c1-8(2)6-12-10(5-11)9-3-4-13-7-9/h8-10,12H,3-7,11H2,1-2H3. The van der Waals surface area contributed by atoms with E-state index in [1.807, 2.05) is 0 Å². The minimum atomic E-state index is 0.553. The molecule has 0 aromatic rings. The van der Waals surface area contributed by atoms with E-state index in [2.05, 4.69) is 30.9 Å². The maximum absolute atomic E-state index is 5.77. The number of hydrogen-bond acceptors (Lipinski definition) is 3. The molecule has 2 atom stereocenters. The van der Waals surface area contributed by atoms with Crippen molar-refractivity contribution in [3.63, 3.8) is 0 Å². The van der Waals surface area contributed by atoms with E-state index in [1.165, 1.54) is 17.9 Å². The van der Waals surface area contributed by atoms with Crippen LogP contribution in [0.1, 0.15) is 20.3 Å². The van der Waals surface area contributed by atoms with Gasteiger partial charge < -0.3 is 11.1 Å². The Morgan fingerprint density at radius 2 is 2.31 bits per heavy atom. The van der Waals surface area contributed by atoms with Gasteiger partial charge in [0.25, 0.3) is 0 Å². The zero-order chi connectivity index (χ0) is 9.68. The number of rotatable bonds is 5. The maximum Gasteiger partial charge on any atom is 0.0226 e. The Balaban J connectivity index is 2.24. The lowest BCUT2D eigenvalue weighted by Gasteiger charge is -2.23. The molecule has 13 heavy (non-hydrogen) atoms. The summed E-state index contributed by atoms with van der Waals surface area (Å²) in [5, 5.41) is 3.57. The molecule has 0 aromatic heterocycles. The Kier molecular flexibility index (Phi) is 5.14. The highest BCUT2D eigenvalue weighted by molar-refractivity contribution is 7.99. The molecule has 0 bridgehead atoms. The first-order valence-electron chi connectivity index (χ1n) is 5.25. The molecule has 1 rings (SSSR count). The second-order valence-electron chi connectivity index (χ2n) is 4.27. The van der Waals surface area contributed by atoms with E-state index >= 15 is 0 Å². The van der Waals surface area contributed by atoms with Crippen molar-refractivity contribution in [3.8, 4) is 0 Å². The zero-order valence-electron chi connectivity index (χ0n) is 8.75. The summed E-state index contributed by atoms with van der Waals surface area (Å²) in [6, 6.07) is 0.553. The van der Waals surface area contributed by atoms with Crippen LogP contribution >= 0.6 is 11.8 Å². The summed E-state index contributed by atoms with van der Waals surface area (Å²) in [5.41, 5.74) is 5.77. The van der Waals surface area contributed by atoms with Gasteiger partial charge in [-0.15, -0.1) is 0 Å². The molecule has 0 saturated carbocycles. The first-order valence-corrected chi connectivity index (χ1v) is 6.40. The van der Waals surface area contributed by atoms with Crippen LogP contribution in [0, 0.1) is 11.8 Å². The Bertz CT molecular complexity index is 133. The van der Waals surface area contributed by atoms with Crippen LogP contribution in [0.3, 0.4) is 0 Å². The number of nitrogens with one attached hydrogen (secondary N) is 1. The van der Waals surface area contributed by atoms with Crippen LogP contribution in [0.5, 0.6) is 0 Å². The van der Waals surface area contributed by atoms with Crippen molar-refractivity contribution in [1.29, 1.82) is 0 Å². The van der Waals surface area contributed by atoms with E-state index in [1.54, 1.807) is 0 Å². The Labute approximate surface area is 86.0 Å². The molecular formula is C10H22N2S. The second-order valence-corrected chi connectivity index (χ2v) is 5.42. The van der Waals surface area contributed by atoms with Crippen molar-refractivity contribution in [2.75, 3.05) is 24.6 Å². The van der Waals surface area contributed by atoms with Crippen LogP contribution in [0.15, 0.2) is 0 Å². The third-order valence-electron chi connectivity index (χ3n) is 2.58. The molecule has 2 unspecified atom stereocenters. The van der Waals surface area contributed by atoms with Gasteiger partial charge in [0.2, 0.25) is 0 Å². The van der Waals surface area contributed by atoms with Crippen molar-refractivity contribution in [2.45, 2.75) is 26.3 Å². The van der Waals surface area contributed by atoms with E-state index in [0.29, 0.717) is 6.04 Å². The summed E-state index contributed by atoms with van der Waals surface area (Å²) in [6.45, 7) is 6.37. The third-order valence-corrected chi connectivity index (χ3v) is 3.76. The van der Waals surface area contributed by atoms with Crippen molar-refractivity contribution >= 4 is 11.8 Å². The molecule has 0 spiro atoms. The molecule has 0 aliphatic carbocycles. The lowest BCUT2D eigenvalue weighted by atomic mass is 9.99. The van der Waals surface area contributed by atoms with Gasteiger partial charge in [0.05, 0.1) is 0 Å². The van der Waals surface area contributed by atoms with Crippen LogP contribution in [0.2, 0.25) is 0 Å². The molecule has 1 saturated heterocycles. The summed E-state index contributed by atoms with van der Waals surface area (Å²) in [4.78, 5) is 0. The summed E-state index contributed by atoms with van der Waals surface area (Å²) >= 11 is 2.06. The van der Waals surface area contributed by atoms with E-state index in [4.69, 9.17) is 5.73 Å². The van der Waals surface area contributed by atoms with Crippen molar-refractivity contribution < 1.29 is 0 Å². The fourth-order valence-electron chi connectivity index (χ4n) is 1.70. The zero-order valence-corrected chi connectivity index (χ0v) is 9.57. The summed E-state index contributed by atoms with van der Waals surface area (Å²) < 4.78 is 0. The van der Waals surface area contributed by atoms with Gasteiger partial charge in [-0.05, 0) is 36.3 Å². The van der Waals surface area contributed by atoms with E-state index in [0.717, 1.165) is 24.9 Å². The predicted molar refractivity (Wildman–Crippen MR) is 61.1 cm³/mol. The Morgan fingerprint density at radius 1 is 1.54 bits per heavy atom. The average Bonchev–Trinajstić information content (AvgIpc) is 2.58. The molecule has 1 fully saturated rings. The molecule has 0 radical (unpaired) electrons. The van der Waals surface area contributed by atoms with E-state index in [9.17, 15) is 0 Å². The van der Waals surface area contributed by atoms with Crippen LogP contribution in [0.25, 0.3) is 0 Å². The highest BCUT2D eigenvalue weighted by atomic mass is 32.2. The van der Waals surface area contributed by atoms with Gasteiger partial charge in [-0.3, -0.25) is 0 Å². The van der Waals surface area contributed by atoms with Gasteiger partial charge >= 0.3 is 0 Å². The molecule has 3 heteroatoms. The topological polar surface area (TPSA) is 38.0 Å². The second kappa shape index (κ2) is 5.89. The number of thioether (sulfide) groups is 1. The fraction of sp³-hybridized carbons (Fsp3) is 1.00. The quantitative estimate of drug-likeness (QED) is 0.706. The number of nitrogens with two attached hydrogens (primary N) is 1. The minimum Gasteiger partial charge on any atom is -0.329 e. The molecule has 78 valence electrons. The molecule has 1 heterocycles. The van der Waals surface area contributed by atoms with Crippen molar-refractivity contribution in [1.82, 2.24) is 5.32 Å². The van der Waals surface area contributed by atoms with Crippen molar-refractivity contribution in [2.24, 2.45) is 17.6 Å². The lowest BCUT2D eigenvalue weighted by Crippen LogP contribution is -2.43. The van der Waals surface area contributed by atoms with Crippen molar-refractivity contribution in [3.05, 3.63) is 0 Å². The maximum atomic E-state index is 5.77. The SMILES string of the molecule is CC(C)CNC(CN)C1CCSC1. The van der Waals surface area contributed by atoms with Crippen LogP contribution in [0.4, 0.5) is 0 Å². The monoisotopic (exact) mass is 202 g/mol. The largest absolute Gasteiger partial charge is 0.329 e. The first-order chi connectivity index (χ1) is 6.24. The lowest BCUT2D eigenvalue weighted by molar-refractivity contribution is 0.369. The van der Waals surface area contributed by atoms with Crippen LogP contribution < -0.4 is 11.1 Å². The molecule has 0 aromatic carbocycles. The van der Waals surface area contributed by atoms with Gasteiger partial charge in [0.15, 0.2) is 0 Å². The predicted octanol–water partition coefficient (Wildman–Crippen LogP) is 1.31. The Morgan fingerprint density at radius 3 is 2.77 bits per heavy atom.